The van der Waals surface area contributed by atoms with Crippen molar-refractivity contribution in [1.29, 1.82) is 0 Å². The number of phenolic OH excluding ortho intramolecular Hbond substituents is 2. The van der Waals surface area contributed by atoms with Crippen LogP contribution in [0.1, 0.15) is 54.9 Å². The molecule has 1 saturated heterocycles. The number of esters is 1. The van der Waals surface area contributed by atoms with Crippen molar-refractivity contribution >= 4 is 17.6 Å². The van der Waals surface area contributed by atoms with Crippen LogP contribution in [0, 0.1) is 0 Å². The van der Waals surface area contributed by atoms with Crippen molar-refractivity contribution in [3.8, 4) is 11.5 Å². The van der Waals surface area contributed by atoms with Gasteiger partial charge in [0.05, 0.1) is 5.71 Å². The number of piperidine rings is 1. The molecule has 1 aromatic rings. The number of allylic oxidation sites excluding steroid dienone is 1. The summed E-state index contributed by atoms with van der Waals surface area (Å²) in [5.41, 5.74) is 6.78. The summed E-state index contributed by atoms with van der Waals surface area (Å²) in [5, 5.41) is 24.5. The quantitative estimate of drug-likeness (QED) is 0.350. The lowest BCUT2D eigenvalue weighted by molar-refractivity contribution is -0.137. The number of nitrogens with zero attached hydrogens (tertiary/aromatic N) is 2. The first-order chi connectivity index (χ1) is 16.3. The minimum atomic E-state index is -0.709. The summed E-state index contributed by atoms with van der Waals surface area (Å²) in [5.74, 6) is -1.43. The molecule has 0 saturated carbocycles. The van der Waals surface area contributed by atoms with Gasteiger partial charge in [-0.05, 0) is 50.3 Å². The Labute approximate surface area is 199 Å². The number of amides is 1. The summed E-state index contributed by atoms with van der Waals surface area (Å²) in [6.07, 6.45) is 10.9. The molecule has 0 bridgehead atoms. The number of nitrogens with two attached hydrogens (primary N) is 1. The number of rotatable bonds is 3. The van der Waals surface area contributed by atoms with Crippen LogP contribution in [0.4, 0.5) is 0 Å². The number of aromatic hydroxyl groups is 2. The Hall–Kier alpha value is -3.33. The van der Waals surface area contributed by atoms with E-state index in [-0.39, 0.29) is 42.0 Å². The van der Waals surface area contributed by atoms with Gasteiger partial charge in [-0.1, -0.05) is 23.4 Å². The van der Waals surface area contributed by atoms with Crippen molar-refractivity contribution < 1.29 is 29.4 Å². The molecule has 2 aliphatic rings. The molecule has 3 rings (SSSR count). The molecule has 0 aliphatic carbocycles. The van der Waals surface area contributed by atoms with E-state index in [0.29, 0.717) is 24.1 Å². The van der Waals surface area contributed by atoms with Crippen molar-refractivity contribution in [3.63, 3.8) is 0 Å². The van der Waals surface area contributed by atoms with Gasteiger partial charge in [0, 0.05) is 38.0 Å². The van der Waals surface area contributed by atoms with Crippen LogP contribution in [0.25, 0.3) is 0 Å². The fourth-order valence-electron chi connectivity index (χ4n) is 3.94. The minimum absolute atomic E-state index is 0.0483. The second-order valence-electron chi connectivity index (χ2n) is 8.66. The molecule has 34 heavy (non-hydrogen) atoms. The molecule has 0 spiro atoms. The second kappa shape index (κ2) is 12.2. The first kappa shape index (κ1) is 25.3. The highest BCUT2D eigenvalue weighted by molar-refractivity contribution is 6.00. The number of carbonyl (C=O) groups excluding carboxylic acids is 2. The van der Waals surface area contributed by atoms with Crippen molar-refractivity contribution in [2.24, 2.45) is 10.9 Å². The van der Waals surface area contributed by atoms with Gasteiger partial charge >= 0.3 is 5.97 Å². The number of cyclic esters (lactones) is 1. The number of benzene rings is 1. The summed E-state index contributed by atoms with van der Waals surface area (Å²) in [6, 6.07) is 2.24. The van der Waals surface area contributed by atoms with Crippen LogP contribution < -0.4 is 5.73 Å². The van der Waals surface area contributed by atoms with Gasteiger partial charge in [0.15, 0.2) is 6.61 Å². The number of ether oxygens (including phenoxy) is 1. The topological polar surface area (TPSA) is 135 Å². The fourth-order valence-corrected chi connectivity index (χ4v) is 3.94. The van der Waals surface area contributed by atoms with E-state index in [1.54, 1.807) is 17.9 Å². The van der Waals surface area contributed by atoms with Crippen LogP contribution in [0.15, 0.2) is 41.6 Å². The van der Waals surface area contributed by atoms with Gasteiger partial charge in [0.1, 0.15) is 23.2 Å². The molecule has 2 atom stereocenters. The molecular formula is C25H33N3O6. The van der Waals surface area contributed by atoms with Gasteiger partial charge in [-0.2, -0.15) is 0 Å². The molecule has 9 heteroatoms. The molecule has 1 amide bonds. The second-order valence-corrected chi connectivity index (χ2v) is 8.66. The Morgan fingerprint density at radius 1 is 1.21 bits per heavy atom. The predicted molar refractivity (Wildman–Crippen MR) is 128 cm³/mol. The Bertz CT molecular complexity index is 966. The van der Waals surface area contributed by atoms with Crippen LogP contribution in [0.2, 0.25) is 0 Å². The van der Waals surface area contributed by atoms with Crippen molar-refractivity contribution in [1.82, 2.24) is 4.90 Å². The van der Waals surface area contributed by atoms with Crippen LogP contribution in [-0.4, -0.2) is 64.5 Å². The highest BCUT2D eigenvalue weighted by Crippen LogP contribution is 2.29. The maximum absolute atomic E-state index is 12.8. The molecule has 4 N–H and O–H groups in total. The molecular weight excluding hydrogens is 438 g/mol. The molecule has 0 aromatic heterocycles. The Balaban J connectivity index is 1.86. The van der Waals surface area contributed by atoms with Crippen LogP contribution in [0.3, 0.4) is 0 Å². The average molecular weight is 472 g/mol. The number of phenols is 2. The van der Waals surface area contributed by atoms with E-state index in [1.807, 2.05) is 18.2 Å². The van der Waals surface area contributed by atoms with E-state index in [1.165, 1.54) is 6.07 Å². The zero-order chi connectivity index (χ0) is 24.5. The third-order valence-electron chi connectivity index (χ3n) is 5.72. The lowest BCUT2D eigenvalue weighted by Gasteiger charge is -2.26. The van der Waals surface area contributed by atoms with Gasteiger partial charge in [-0.15, -0.1) is 0 Å². The number of oxime groups is 1. The highest BCUT2D eigenvalue weighted by atomic mass is 16.6. The van der Waals surface area contributed by atoms with Crippen molar-refractivity contribution in [2.45, 2.75) is 57.6 Å². The van der Waals surface area contributed by atoms with E-state index >= 15 is 0 Å². The summed E-state index contributed by atoms with van der Waals surface area (Å²) >= 11 is 0. The highest BCUT2D eigenvalue weighted by Gasteiger charge is 2.22. The average Bonchev–Trinajstić information content (AvgIpc) is 2.78. The molecule has 2 heterocycles. The van der Waals surface area contributed by atoms with Gasteiger partial charge in [0.25, 0.3) is 5.91 Å². The zero-order valence-corrected chi connectivity index (χ0v) is 19.5. The first-order valence-electron chi connectivity index (χ1n) is 11.6. The summed E-state index contributed by atoms with van der Waals surface area (Å²) < 4.78 is 5.48. The van der Waals surface area contributed by atoms with Crippen LogP contribution in [0.5, 0.6) is 11.5 Å². The lowest BCUT2D eigenvalue weighted by Crippen LogP contribution is -2.37. The number of hydrogen-bond donors (Lipinski definition) is 3. The number of fused-ring (bicyclic) bond motifs is 1. The Morgan fingerprint density at radius 3 is 2.74 bits per heavy atom. The fraction of sp³-hybridized carbons (Fsp3) is 0.480. The van der Waals surface area contributed by atoms with Crippen LogP contribution >= 0.6 is 0 Å². The number of likely N-dealkylation sites (tertiary alicyclic amines) is 1. The molecule has 184 valence electrons. The van der Waals surface area contributed by atoms with E-state index < -0.39 is 12.1 Å². The Kier molecular flexibility index (Phi) is 9.09. The van der Waals surface area contributed by atoms with E-state index in [0.717, 1.165) is 38.4 Å². The standard InChI is InChI=1S/C25H33N3O6/c1-17-7-5-8-19(26)9-6-10-20(27-33-16-23(31)28-11-3-2-4-12-28)13-18-14-21(29)15-22(30)24(18)25(32)34-17/h5-6,8,10,14-15,17,19,29-30H,2-4,7,9,11-13,16,26H2,1H3/b8-5+,10-6+,27-20?/t17-,19+/m1/s1. The Morgan fingerprint density at radius 2 is 1.97 bits per heavy atom. The van der Waals surface area contributed by atoms with Gasteiger partial charge < -0.3 is 30.4 Å². The van der Waals surface area contributed by atoms with Gasteiger partial charge in [-0.3, -0.25) is 4.79 Å². The third-order valence-corrected chi connectivity index (χ3v) is 5.72. The SMILES string of the molecule is C[C@@H]1C/C=C/[C@H](N)C/C=C/C(=NOCC(=O)N2CCCCC2)Cc2cc(O)cc(O)c2C(=O)O1. The van der Waals surface area contributed by atoms with Crippen molar-refractivity contribution in [3.05, 3.63) is 47.6 Å². The first-order valence-corrected chi connectivity index (χ1v) is 11.6. The normalized spacial score (nSPS) is 25.1. The number of hydrogen-bond acceptors (Lipinski definition) is 8. The maximum atomic E-state index is 12.8. The summed E-state index contributed by atoms with van der Waals surface area (Å²) in [7, 11) is 0. The lowest BCUT2D eigenvalue weighted by atomic mass is 9.99. The molecule has 2 aliphatic heterocycles. The smallest absolute Gasteiger partial charge is 0.342 e. The number of carbonyl (C=O) groups is 2. The van der Waals surface area contributed by atoms with E-state index in [4.69, 9.17) is 15.3 Å². The minimum Gasteiger partial charge on any atom is -0.508 e. The van der Waals surface area contributed by atoms with Crippen LogP contribution in [-0.2, 0) is 20.8 Å². The molecule has 0 radical (unpaired) electrons. The maximum Gasteiger partial charge on any atom is 0.342 e. The summed E-state index contributed by atoms with van der Waals surface area (Å²) in [4.78, 5) is 32.3. The van der Waals surface area contributed by atoms with Gasteiger partial charge in [0.2, 0.25) is 0 Å². The van der Waals surface area contributed by atoms with Crippen molar-refractivity contribution in [2.75, 3.05) is 19.7 Å². The molecule has 1 aromatic carbocycles. The zero-order valence-electron chi connectivity index (χ0n) is 19.5. The monoisotopic (exact) mass is 471 g/mol. The third kappa shape index (κ3) is 7.34. The molecule has 1 fully saturated rings. The predicted octanol–water partition coefficient (Wildman–Crippen LogP) is 2.80. The molecule has 0 unspecified atom stereocenters. The van der Waals surface area contributed by atoms with E-state index in [2.05, 4.69) is 5.16 Å². The summed E-state index contributed by atoms with van der Waals surface area (Å²) in [6.45, 7) is 2.99. The van der Waals surface area contributed by atoms with Gasteiger partial charge in [-0.25, -0.2) is 4.79 Å². The molecule has 9 nitrogen and oxygen atoms in total. The van der Waals surface area contributed by atoms with E-state index in [9.17, 15) is 19.8 Å². The largest absolute Gasteiger partial charge is 0.508 e.